The minimum atomic E-state index is -0.655. The van der Waals surface area contributed by atoms with Gasteiger partial charge in [0.05, 0.1) is 47.6 Å². The predicted molar refractivity (Wildman–Crippen MR) is 153 cm³/mol. The fraction of sp³-hybridized carbons (Fsp3) is 0.241. The van der Waals surface area contributed by atoms with Gasteiger partial charge in [-0.1, -0.05) is 17.7 Å². The molecule has 2 amide bonds. The van der Waals surface area contributed by atoms with E-state index < -0.39 is 11.8 Å². The van der Waals surface area contributed by atoms with Gasteiger partial charge in [0.15, 0.2) is 11.5 Å². The molecule has 0 fully saturated rings. The summed E-state index contributed by atoms with van der Waals surface area (Å²) in [4.78, 5) is 32.5. The van der Waals surface area contributed by atoms with Crippen molar-refractivity contribution in [3.05, 3.63) is 71.3 Å². The van der Waals surface area contributed by atoms with E-state index in [1.165, 1.54) is 31.6 Å². The number of carbonyl (C=O) groups is 2. The van der Waals surface area contributed by atoms with Crippen molar-refractivity contribution in [2.75, 3.05) is 31.0 Å². The molecule has 0 bridgehead atoms. The molecule has 0 aliphatic carbocycles. The molecule has 1 aromatic heterocycles. The van der Waals surface area contributed by atoms with E-state index in [-0.39, 0.29) is 35.6 Å². The lowest BCUT2D eigenvalue weighted by atomic mass is 10.2. The second-order valence-electron chi connectivity index (χ2n) is 8.76. The van der Waals surface area contributed by atoms with Crippen LogP contribution in [0, 0.1) is 12.7 Å². The predicted octanol–water partition coefficient (Wildman–Crippen LogP) is 6.90. The Morgan fingerprint density at radius 2 is 1.80 bits per heavy atom. The van der Waals surface area contributed by atoms with Crippen molar-refractivity contribution in [3.63, 3.8) is 0 Å². The van der Waals surface area contributed by atoms with Crippen LogP contribution in [0.1, 0.15) is 25.3 Å². The number of fused-ring (bicyclic) bond motifs is 1. The van der Waals surface area contributed by atoms with Gasteiger partial charge in [0.1, 0.15) is 17.9 Å². The largest absolute Gasteiger partial charge is 0.493 e. The van der Waals surface area contributed by atoms with Gasteiger partial charge in [-0.3, -0.25) is 4.79 Å². The molecule has 0 aliphatic rings. The summed E-state index contributed by atoms with van der Waals surface area (Å²) < 4.78 is 36.2. The molecule has 214 valence electrons. The Labute approximate surface area is 240 Å². The molecule has 41 heavy (non-hydrogen) atoms. The summed E-state index contributed by atoms with van der Waals surface area (Å²) >= 11 is 6.39. The Kier molecular flexibility index (Phi) is 9.75. The maximum absolute atomic E-state index is 14.0. The zero-order valence-electron chi connectivity index (χ0n) is 22.6. The van der Waals surface area contributed by atoms with E-state index >= 15 is 0 Å². The highest BCUT2D eigenvalue weighted by molar-refractivity contribution is 6.34. The molecule has 1 heterocycles. The summed E-state index contributed by atoms with van der Waals surface area (Å²) in [5.74, 6) is 0.649. The summed E-state index contributed by atoms with van der Waals surface area (Å²) in [6.45, 7) is 4.17. The van der Waals surface area contributed by atoms with Gasteiger partial charge in [-0.05, 0) is 56.2 Å². The van der Waals surface area contributed by atoms with Crippen LogP contribution < -0.4 is 24.8 Å². The number of nitrogens with one attached hydrogen (secondary N) is 2. The van der Waals surface area contributed by atoms with Crippen LogP contribution in [0.15, 0.2) is 54.9 Å². The lowest BCUT2D eigenvalue weighted by Crippen LogP contribution is -2.20. The van der Waals surface area contributed by atoms with Gasteiger partial charge < -0.3 is 29.6 Å². The van der Waals surface area contributed by atoms with Gasteiger partial charge >= 0.3 is 12.0 Å². The SMILES string of the molecule is CCOC(=O)CCCOc1cc2ncnc(Oc3ccc(NC(=O)Nc4cc(C)ccc4F)c(Cl)c3)c2cc1OC. The van der Waals surface area contributed by atoms with Crippen LogP contribution in [0.3, 0.4) is 0 Å². The quantitative estimate of drug-likeness (QED) is 0.145. The number of carbonyl (C=O) groups excluding carboxylic acids is 2. The van der Waals surface area contributed by atoms with Crippen LogP contribution in [0.5, 0.6) is 23.1 Å². The molecule has 2 N–H and O–H groups in total. The van der Waals surface area contributed by atoms with Crippen molar-refractivity contribution in [2.45, 2.75) is 26.7 Å². The number of benzene rings is 3. The van der Waals surface area contributed by atoms with Gasteiger partial charge in [0, 0.05) is 18.6 Å². The highest BCUT2D eigenvalue weighted by Crippen LogP contribution is 2.37. The number of hydrogen-bond acceptors (Lipinski definition) is 8. The first-order chi connectivity index (χ1) is 19.8. The monoisotopic (exact) mass is 582 g/mol. The lowest BCUT2D eigenvalue weighted by molar-refractivity contribution is -0.143. The molecule has 3 aromatic carbocycles. The third-order valence-electron chi connectivity index (χ3n) is 5.75. The molecule has 0 radical (unpaired) electrons. The normalized spacial score (nSPS) is 10.7. The third kappa shape index (κ3) is 7.73. The Hall–Kier alpha value is -4.64. The van der Waals surface area contributed by atoms with Crippen molar-refractivity contribution in [1.82, 2.24) is 9.97 Å². The average molecular weight is 583 g/mol. The smallest absolute Gasteiger partial charge is 0.323 e. The van der Waals surface area contributed by atoms with Gasteiger partial charge in [0.2, 0.25) is 5.88 Å². The zero-order valence-corrected chi connectivity index (χ0v) is 23.4. The third-order valence-corrected chi connectivity index (χ3v) is 6.06. The van der Waals surface area contributed by atoms with E-state index in [0.717, 1.165) is 5.56 Å². The van der Waals surface area contributed by atoms with Crippen molar-refractivity contribution in [2.24, 2.45) is 0 Å². The van der Waals surface area contributed by atoms with Crippen molar-refractivity contribution in [1.29, 1.82) is 0 Å². The van der Waals surface area contributed by atoms with E-state index in [0.29, 0.717) is 46.9 Å². The Morgan fingerprint density at radius 1 is 1.00 bits per heavy atom. The fourth-order valence-electron chi connectivity index (χ4n) is 3.81. The number of methoxy groups -OCH3 is 1. The average Bonchev–Trinajstić information content (AvgIpc) is 2.94. The van der Waals surface area contributed by atoms with E-state index in [1.54, 1.807) is 44.2 Å². The molecule has 0 unspecified atom stereocenters. The molecule has 0 aliphatic heterocycles. The summed E-state index contributed by atoms with van der Waals surface area (Å²) in [7, 11) is 1.51. The maximum Gasteiger partial charge on any atom is 0.323 e. The number of aromatic nitrogens is 2. The molecular weight excluding hydrogens is 555 g/mol. The summed E-state index contributed by atoms with van der Waals surface area (Å²) in [5, 5.41) is 5.81. The molecule has 0 spiro atoms. The van der Waals surface area contributed by atoms with Crippen LogP contribution in [0.4, 0.5) is 20.6 Å². The zero-order chi connectivity index (χ0) is 29.4. The molecule has 0 saturated carbocycles. The topological polar surface area (TPSA) is 121 Å². The first-order valence-corrected chi connectivity index (χ1v) is 13.1. The number of esters is 1. The first-order valence-electron chi connectivity index (χ1n) is 12.7. The van der Waals surface area contributed by atoms with Crippen LogP contribution in [0.25, 0.3) is 10.9 Å². The number of urea groups is 1. The molecule has 12 heteroatoms. The van der Waals surface area contributed by atoms with Gasteiger partial charge in [-0.2, -0.15) is 0 Å². The number of amides is 2. The van der Waals surface area contributed by atoms with Gasteiger partial charge in [-0.15, -0.1) is 0 Å². The molecular formula is C29H28ClFN4O6. The highest BCUT2D eigenvalue weighted by Gasteiger charge is 2.15. The summed E-state index contributed by atoms with van der Waals surface area (Å²) in [6, 6.07) is 11.8. The number of anilines is 2. The number of halogens is 2. The highest BCUT2D eigenvalue weighted by atomic mass is 35.5. The van der Waals surface area contributed by atoms with Crippen molar-refractivity contribution in [3.8, 4) is 23.1 Å². The molecule has 0 saturated heterocycles. The number of ether oxygens (including phenoxy) is 4. The number of rotatable bonds is 11. The second-order valence-corrected chi connectivity index (χ2v) is 9.17. The number of hydrogen-bond donors (Lipinski definition) is 2. The molecule has 4 rings (SSSR count). The summed E-state index contributed by atoms with van der Waals surface area (Å²) in [6.07, 6.45) is 2.08. The van der Waals surface area contributed by atoms with Crippen molar-refractivity contribution < 1.29 is 32.9 Å². The number of aryl methyl sites for hydroxylation is 1. The maximum atomic E-state index is 14.0. The van der Waals surface area contributed by atoms with E-state index in [1.807, 2.05) is 0 Å². The van der Waals surface area contributed by atoms with E-state index in [2.05, 4.69) is 20.6 Å². The van der Waals surface area contributed by atoms with Crippen LogP contribution in [-0.2, 0) is 9.53 Å². The molecule has 10 nitrogen and oxygen atoms in total. The van der Waals surface area contributed by atoms with Crippen LogP contribution in [0.2, 0.25) is 5.02 Å². The Morgan fingerprint density at radius 3 is 2.56 bits per heavy atom. The first kappa shape index (κ1) is 29.3. The molecule has 0 atom stereocenters. The van der Waals surface area contributed by atoms with Crippen LogP contribution in [-0.4, -0.2) is 42.3 Å². The minimum absolute atomic E-state index is 0.0508. The van der Waals surface area contributed by atoms with Crippen molar-refractivity contribution >= 4 is 45.9 Å². The summed E-state index contributed by atoms with van der Waals surface area (Å²) in [5.41, 5.74) is 1.69. The van der Waals surface area contributed by atoms with E-state index in [9.17, 15) is 14.0 Å². The lowest BCUT2D eigenvalue weighted by Gasteiger charge is -2.14. The molecule has 4 aromatic rings. The second kappa shape index (κ2) is 13.6. The van der Waals surface area contributed by atoms with E-state index in [4.69, 9.17) is 30.5 Å². The number of nitrogens with zero attached hydrogens (tertiary/aromatic N) is 2. The minimum Gasteiger partial charge on any atom is -0.493 e. The van der Waals surface area contributed by atoms with Gasteiger partial charge in [-0.25, -0.2) is 19.2 Å². The standard InChI is InChI=1S/C29H28ClFN4O6/c1-4-39-27(36)6-5-11-40-26-15-23-19(14-25(26)38-3)28(33-16-32-23)41-18-8-10-22(20(30)13-18)34-29(37)35-24-12-17(2)7-9-21(24)31/h7-10,12-16H,4-6,11H2,1-3H3,(H2,34,35,37). The van der Waals surface area contributed by atoms with Gasteiger partial charge in [0.25, 0.3) is 0 Å². The Bertz CT molecular complexity index is 1570. The van der Waals surface area contributed by atoms with Crippen LogP contribution >= 0.6 is 11.6 Å². The Balaban J connectivity index is 1.45. The fourth-order valence-corrected chi connectivity index (χ4v) is 4.03.